The molecular formula is C9H9BrClNO2. The molecule has 0 aromatic heterocycles. The molecule has 1 aromatic carbocycles. The van der Waals surface area contributed by atoms with E-state index in [0.717, 1.165) is 3.45 Å². The summed E-state index contributed by atoms with van der Waals surface area (Å²) in [6.45, 7) is 1.52. The topological polar surface area (TPSA) is 40.5 Å². The molecule has 0 radical (unpaired) electrons. The van der Waals surface area contributed by atoms with Crippen LogP contribution in [0.3, 0.4) is 0 Å². The van der Waals surface area contributed by atoms with Gasteiger partial charge in [0.25, 0.3) is 0 Å². The van der Waals surface area contributed by atoms with Crippen LogP contribution in [0, 0.1) is 0 Å². The van der Waals surface area contributed by atoms with Crippen molar-refractivity contribution in [3.05, 3.63) is 35.9 Å². The van der Waals surface area contributed by atoms with E-state index >= 15 is 0 Å². The van der Waals surface area contributed by atoms with Crippen molar-refractivity contribution < 1.29 is 9.90 Å². The van der Waals surface area contributed by atoms with Crippen molar-refractivity contribution in [3.8, 4) is 0 Å². The highest BCUT2D eigenvalue weighted by atomic mass is 79.9. The fourth-order valence-corrected chi connectivity index (χ4v) is 1.58. The zero-order chi connectivity index (χ0) is 10.8. The molecule has 1 N–H and O–H groups in total. The van der Waals surface area contributed by atoms with Crippen LogP contribution in [0.15, 0.2) is 30.3 Å². The van der Waals surface area contributed by atoms with E-state index < -0.39 is 11.5 Å². The molecule has 0 aliphatic carbocycles. The monoisotopic (exact) mass is 277 g/mol. The summed E-state index contributed by atoms with van der Waals surface area (Å²) in [7, 11) is 0. The lowest BCUT2D eigenvalue weighted by Crippen LogP contribution is -2.40. The molecule has 0 aliphatic heterocycles. The van der Waals surface area contributed by atoms with E-state index in [-0.39, 0.29) is 0 Å². The lowest BCUT2D eigenvalue weighted by Gasteiger charge is -2.28. The third-order valence-corrected chi connectivity index (χ3v) is 3.14. The van der Waals surface area contributed by atoms with Crippen LogP contribution in [0.25, 0.3) is 0 Å². The Morgan fingerprint density at radius 1 is 1.50 bits per heavy atom. The zero-order valence-electron chi connectivity index (χ0n) is 7.45. The van der Waals surface area contributed by atoms with Crippen LogP contribution < -0.4 is 0 Å². The van der Waals surface area contributed by atoms with Crippen molar-refractivity contribution in [1.29, 1.82) is 0 Å². The number of benzene rings is 1. The number of halogens is 2. The van der Waals surface area contributed by atoms with Gasteiger partial charge >= 0.3 is 5.97 Å². The molecule has 3 nitrogen and oxygen atoms in total. The first kappa shape index (κ1) is 11.5. The fraction of sp³-hybridized carbons (Fsp3) is 0.222. The van der Waals surface area contributed by atoms with Gasteiger partial charge in [-0.2, -0.15) is 0 Å². The first-order valence-electron chi connectivity index (χ1n) is 3.90. The smallest absolute Gasteiger partial charge is 0.330 e. The molecular weight excluding hydrogens is 269 g/mol. The highest BCUT2D eigenvalue weighted by Gasteiger charge is 2.40. The molecule has 0 bridgehead atoms. The molecule has 0 aliphatic rings. The van der Waals surface area contributed by atoms with E-state index in [0.29, 0.717) is 5.56 Å². The van der Waals surface area contributed by atoms with Crippen molar-refractivity contribution in [1.82, 2.24) is 3.45 Å². The summed E-state index contributed by atoms with van der Waals surface area (Å²) in [4.78, 5) is 11.1. The van der Waals surface area contributed by atoms with Crippen LogP contribution >= 0.6 is 27.9 Å². The van der Waals surface area contributed by atoms with Crippen LogP contribution in [0.4, 0.5) is 0 Å². The number of carboxylic acids is 1. The summed E-state index contributed by atoms with van der Waals surface area (Å²) in [5.41, 5.74) is -0.664. The van der Waals surface area contributed by atoms with Crippen molar-refractivity contribution >= 4 is 33.9 Å². The molecule has 1 rings (SSSR count). The van der Waals surface area contributed by atoms with E-state index in [9.17, 15) is 4.79 Å². The SMILES string of the molecule is C[C@](C(=O)O)(c1ccccc1)N(Cl)Br. The van der Waals surface area contributed by atoms with E-state index in [4.69, 9.17) is 16.9 Å². The minimum absolute atomic E-state index is 0.611. The summed E-state index contributed by atoms with van der Waals surface area (Å²) < 4.78 is 0.984. The highest BCUT2D eigenvalue weighted by molar-refractivity contribution is 9.08. The van der Waals surface area contributed by atoms with Gasteiger partial charge in [-0.05, 0) is 24.3 Å². The molecule has 1 atom stereocenters. The minimum atomic E-state index is -1.27. The second-order valence-corrected chi connectivity index (χ2v) is 4.43. The average molecular weight is 279 g/mol. The van der Waals surface area contributed by atoms with Gasteiger partial charge in [0.2, 0.25) is 0 Å². The van der Waals surface area contributed by atoms with Crippen molar-refractivity contribution in [3.63, 3.8) is 0 Å². The molecule has 1 aromatic rings. The molecule has 76 valence electrons. The van der Waals surface area contributed by atoms with E-state index in [1.54, 1.807) is 24.3 Å². The van der Waals surface area contributed by atoms with Crippen molar-refractivity contribution in [2.45, 2.75) is 12.5 Å². The highest BCUT2D eigenvalue weighted by Crippen LogP contribution is 2.32. The van der Waals surface area contributed by atoms with E-state index in [2.05, 4.69) is 16.1 Å². The minimum Gasteiger partial charge on any atom is -0.480 e. The molecule has 0 spiro atoms. The Morgan fingerprint density at radius 2 is 2.00 bits per heavy atom. The Morgan fingerprint density at radius 3 is 2.36 bits per heavy atom. The fourth-order valence-electron chi connectivity index (χ4n) is 1.06. The van der Waals surface area contributed by atoms with Crippen LogP contribution in [-0.2, 0) is 10.3 Å². The summed E-state index contributed by atoms with van der Waals surface area (Å²) in [6.07, 6.45) is 0. The third kappa shape index (κ3) is 1.92. The quantitative estimate of drug-likeness (QED) is 0.864. The normalized spacial score (nSPS) is 15.1. The number of carbonyl (C=O) groups is 1. The number of hydrogen-bond donors (Lipinski definition) is 1. The maximum atomic E-state index is 11.1. The Hall–Kier alpha value is -0.580. The first-order chi connectivity index (χ1) is 6.49. The molecule has 0 heterocycles. The molecule has 5 heteroatoms. The maximum Gasteiger partial charge on any atom is 0.330 e. The van der Waals surface area contributed by atoms with Gasteiger partial charge in [0.1, 0.15) is 0 Å². The molecule has 0 fully saturated rings. The number of carboxylic acid groups (broad SMARTS) is 1. The van der Waals surface area contributed by atoms with Gasteiger partial charge in [-0.25, -0.2) is 4.79 Å². The maximum absolute atomic E-state index is 11.1. The van der Waals surface area contributed by atoms with Gasteiger partial charge in [0, 0.05) is 16.1 Å². The molecule has 14 heavy (non-hydrogen) atoms. The van der Waals surface area contributed by atoms with Gasteiger partial charge in [-0.3, -0.25) is 0 Å². The molecule has 0 amide bonds. The van der Waals surface area contributed by atoms with Crippen molar-refractivity contribution in [2.75, 3.05) is 0 Å². The number of aliphatic carboxylic acids is 1. The van der Waals surface area contributed by atoms with Gasteiger partial charge in [-0.1, -0.05) is 30.3 Å². The molecule has 0 saturated carbocycles. The second-order valence-electron chi connectivity index (χ2n) is 2.98. The van der Waals surface area contributed by atoms with Gasteiger partial charge in [-0.15, -0.1) is 3.45 Å². The Labute approximate surface area is 95.7 Å². The second kappa shape index (κ2) is 4.29. The number of nitrogens with zero attached hydrogens (tertiary/aromatic N) is 1. The Bertz CT molecular complexity index is 331. The Balaban J connectivity index is 3.20. The van der Waals surface area contributed by atoms with E-state index in [1.807, 2.05) is 6.07 Å². The van der Waals surface area contributed by atoms with Gasteiger partial charge in [0.15, 0.2) is 5.54 Å². The molecule has 0 saturated heterocycles. The number of hydrogen-bond acceptors (Lipinski definition) is 2. The van der Waals surface area contributed by atoms with Crippen LogP contribution in [0.2, 0.25) is 0 Å². The van der Waals surface area contributed by atoms with E-state index in [1.165, 1.54) is 6.92 Å². The first-order valence-corrected chi connectivity index (χ1v) is 4.95. The van der Waals surface area contributed by atoms with Crippen LogP contribution in [0.1, 0.15) is 12.5 Å². The lowest BCUT2D eigenvalue weighted by atomic mass is 9.94. The summed E-state index contributed by atoms with van der Waals surface area (Å²) in [6, 6.07) is 8.78. The van der Waals surface area contributed by atoms with Crippen LogP contribution in [0.5, 0.6) is 0 Å². The summed E-state index contributed by atoms with van der Waals surface area (Å²) in [5, 5.41) is 9.10. The average Bonchev–Trinajstić information content (AvgIpc) is 2.17. The Kier molecular flexibility index (Phi) is 3.53. The predicted molar refractivity (Wildman–Crippen MR) is 58.0 cm³/mol. The largest absolute Gasteiger partial charge is 0.480 e. The lowest BCUT2D eigenvalue weighted by molar-refractivity contribution is -0.145. The summed E-state index contributed by atoms with van der Waals surface area (Å²) in [5.74, 6) is -1.02. The van der Waals surface area contributed by atoms with Crippen molar-refractivity contribution in [2.24, 2.45) is 0 Å². The predicted octanol–water partition coefficient (Wildman–Crippen LogP) is 2.75. The zero-order valence-corrected chi connectivity index (χ0v) is 9.79. The van der Waals surface area contributed by atoms with Crippen LogP contribution in [-0.4, -0.2) is 14.5 Å². The molecule has 0 unspecified atom stereocenters. The third-order valence-electron chi connectivity index (χ3n) is 2.09. The van der Waals surface area contributed by atoms with Gasteiger partial charge < -0.3 is 5.11 Å². The van der Waals surface area contributed by atoms with Gasteiger partial charge in [0.05, 0.1) is 0 Å². The summed E-state index contributed by atoms with van der Waals surface area (Å²) >= 11 is 8.64. The standard InChI is InChI=1S/C9H9BrClNO2/c1-9(8(13)14,12(10)11)7-5-3-2-4-6-7/h2-6H,1H3,(H,13,14)/t9-/m1/s1. The number of rotatable bonds is 3.